The molecule has 2 aromatic carbocycles. The molecule has 0 fully saturated rings. The van der Waals surface area contributed by atoms with Gasteiger partial charge in [0.2, 0.25) is 0 Å². The van der Waals surface area contributed by atoms with Crippen molar-refractivity contribution in [3.8, 4) is 5.75 Å². The first-order chi connectivity index (χ1) is 6.16. The molecule has 0 spiro atoms. The molecule has 13 heavy (non-hydrogen) atoms. The fourth-order valence-corrected chi connectivity index (χ4v) is 1.87. The van der Waals surface area contributed by atoms with E-state index in [0.717, 1.165) is 8.96 Å². The number of rotatable bonds is 0. The van der Waals surface area contributed by atoms with Gasteiger partial charge in [-0.1, -0.05) is 6.07 Å². The first kappa shape index (κ1) is 8.74. The molecule has 66 valence electrons. The summed E-state index contributed by atoms with van der Waals surface area (Å²) in [6.45, 7) is 0. The van der Waals surface area contributed by atoms with Crippen LogP contribution in [0.2, 0.25) is 0 Å². The largest absolute Gasteiger partial charge is 0.508 e. The van der Waals surface area contributed by atoms with E-state index in [1.807, 2.05) is 6.07 Å². The topological polar surface area (TPSA) is 20.2 Å². The van der Waals surface area contributed by atoms with Crippen LogP contribution in [0.3, 0.4) is 0 Å². The summed E-state index contributed by atoms with van der Waals surface area (Å²) in [6, 6.07) is 8.01. The molecule has 0 aromatic heterocycles. The third-order valence-corrected chi connectivity index (χ3v) is 2.47. The quantitative estimate of drug-likeness (QED) is 0.737. The molecule has 2 rings (SSSR count). The SMILES string of the molecule is Oc1ccc2cc(I)cc(F)c2c1. The van der Waals surface area contributed by atoms with Gasteiger partial charge in [0.05, 0.1) is 0 Å². The molecule has 0 aliphatic rings. The lowest BCUT2D eigenvalue weighted by Gasteiger charge is -2.01. The van der Waals surface area contributed by atoms with Gasteiger partial charge in [0, 0.05) is 8.96 Å². The third kappa shape index (κ3) is 1.60. The van der Waals surface area contributed by atoms with Crippen molar-refractivity contribution in [2.24, 2.45) is 0 Å². The Hall–Kier alpha value is -0.840. The fraction of sp³-hybridized carbons (Fsp3) is 0. The van der Waals surface area contributed by atoms with Crippen molar-refractivity contribution in [2.45, 2.75) is 0 Å². The predicted octanol–water partition coefficient (Wildman–Crippen LogP) is 3.29. The van der Waals surface area contributed by atoms with Gasteiger partial charge in [0.1, 0.15) is 11.6 Å². The minimum Gasteiger partial charge on any atom is -0.508 e. The number of fused-ring (bicyclic) bond motifs is 1. The lowest BCUT2D eigenvalue weighted by Crippen LogP contribution is -1.81. The first-order valence-corrected chi connectivity index (χ1v) is 4.82. The Labute approximate surface area is 88.3 Å². The van der Waals surface area contributed by atoms with E-state index < -0.39 is 0 Å². The minimum atomic E-state index is -0.294. The summed E-state index contributed by atoms with van der Waals surface area (Å²) in [4.78, 5) is 0. The maximum atomic E-state index is 13.3. The van der Waals surface area contributed by atoms with Crippen LogP contribution in [0.4, 0.5) is 4.39 Å². The van der Waals surface area contributed by atoms with Crippen molar-refractivity contribution < 1.29 is 9.50 Å². The van der Waals surface area contributed by atoms with Gasteiger partial charge in [-0.05, 0) is 52.2 Å². The van der Waals surface area contributed by atoms with Gasteiger partial charge >= 0.3 is 0 Å². The highest BCUT2D eigenvalue weighted by Gasteiger charge is 2.02. The Balaban J connectivity index is 2.87. The number of phenols is 1. The van der Waals surface area contributed by atoms with E-state index in [1.54, 1.807) is 12.1 Å². The molecular formula is C10H6FIO. The van der Waals surface area contributed by atoms with Gasteiger partial charge in [0.15, 0.2) is 0 Å². The zero-order valence-corrected chi connectivity index (χ0v) is 8.75. The van der Waals surface area contributed by atoms with Gasteiger partial charge in [-0.2, -0.15) is 0 Å². The highest BCUT2D eigenvalue weighted by atomic mass is 127. The van der Waals surface area contributed by atoms with Crippen molar-refractivity contribution in [3.05, 3.63) is 39.7 Å². The van der Waals surface area contributed by atoms with E-state index in [2.05, 4.69) is 22.6 Å². The van der Waals surface area contributed by atoms with Gasteiger partial charge in [-0.25, -0.2) is 4.39 Å². The molecule has 0 heterocycles. The van der Waals surface area contributed by atoms with Crippen LogP contribution in [0.1, 0.15) is 0 Å². The Bertz CT molecular complexity index is 468. The van der Waals surface area contributed by atoms with Crippen LogP contribution in [0.15, 0.2) is 30.3 Å². The van der Waals surface area contributed by atoms with E-state index in [4.69, 9.17) is 5.11 Å². The van der Waals surface area contributed by atoms with Crippen LogP contribution in [-0.4, -0.2) is 5.11 Å². The smallest absolute Gasteiger partial charge is 0.132 e. The normalized spacial score (nSPS) is 10.6. The van der Waals surface area contributed by atoms with Crippen LogP contribution in [-0.2, 0) is 0 Å². The minimum absolute atomic E-state index is 0.0904. The standard InChI is InChI=1S/C10H6FIO/c11-10-4-7(12)3-6-1-2-8(13)5-9(6)10/h1-5,13H. The van der Waals surface area contributed by atoms with Crippen molar-refractivity contribution >= 4 is 33.4 Å². The molecular weight excluding hydrogens is 282 g/mol. The molecule has 0 aliphatic heterocycles. The summed E-state index contributed by atoms with van der Waals surface area (Å²) in [6.07, 6.45) is 0. The molecule has 0 atom stereocenters. The molecule has 0 bridgehead atoms. The van der Waals surface area contributed by atoms with Crippen molar-refractivity contribution in [1.82, 2.24) is 0 Å². The summed E-state index contributed by atoms with van der Waals surface area (Å²) in [5.41, 5.74) is 0. The first-order valence-electron chi connectivity index (χ1n) is 3.74. The average molecular weight is 288 g/mol. The summed E-state index contributed by atoms with van der Waals surface area (Å²) >= 11 is 2.06. The molecule has 0 unspecified atom stereocenters. The summed E-state index contributed by atoms with van der Waals surface area (Å²) in [7, 11) is 0. The number of hydrogen-bond acceptors (Lipinski definition) is 1. The molecule has 0 radical (unpaired) electrons. The summed E-state index contributed by atoms with van der Waals surface area (Å²) in [5, 5.41) is 10.4. The molecule has 0 aliphatic carbocycles. The second-order valence-corrected chi connectivity index (χ2v) is 4.04. The Morgan fingerprint density at radius 1 is 1.15 bits per heavy atom. The maximum absolute atomic E-state index is 13.3. The van der Waals surface area contributed by atoms with Crippen molar-refractivity contribution in [2.75, 3.05) is 0 Å². The van der Waals surface area contributed by atoms with Gasteiger partial charge in [-0.15, -0.1) is 0 Å². The zero-order chi connectivity index (χ0) is 9.42. The van der Waals surface area contributed by atoms with Crippen LogP contribution < -0.4 is 0 Å². The highest BCUT2D eigenvalue weighted by Crippen LogP contribution is 2.24. The van der Waals surface area contributed by atoms with Gasteiger partial charge < -0.3 is 5.11 Å². The van der Waals surface area contributed by atoms with E-state index in [0.29, 0.717) is 5.39 Å². The average Bonchev–Trinajstić information content (AvgIpc) is 2.06. The Morgan fingerprint density at radius 3 is 2.69 bits per heavy atom. The third-order valence-electron chi connectivity index (χ3n) is 1.85. The molecule has 0 amide bonds. The lowest BCUT2D eigenvalue weighted by molar-refractivity contribution is 0.476. The lowest BCUT2D eigenvalue weighted by atomic mass is 10.1. The van der Waals surface area contributed by atoms with Crippen molar-refractivity contribution in [3.63, 3.8) is 0 Å². The van der Waals surface area contributed by atoms with E-state index >= 15 is 0 Å². The number of benzene rings is 2. The van der Waals surface area contributed by atoms with E-state index in [1.165, 1.54) is 12.1 Å². The predicted molar refractivity (Wildman–Crippen MR) is 58.3 cm³/mol. The van der Waals surface area contributed by atoms with Crippen LogP contribution >= 0.6 is 22.6 Å². The number of hydrogen-bond donors (Lipinski definition) is 1. The van der Waals surface area contributed by atoms with Crippen LogP contribution in [0, 0.1) is 9.39 Å². The van der Waals surface area contributed by atoms with Crippen LogP contribution in [0.5, 0.6) is 5.75 Å². The number of aromatic hydroxyl groups is 1. The molecule has 1 N–H and O–H groups in total. The number of phenolic OH excluding ortho intramolecular Hbond substituents is 1. The van der Waals surface area contributed by atoms with E-state index in [-0.39, 0.29) is 11.6 Å². The molecule has 1 nitrogen and oxygen atoms in total. The molecule has 0 saturated carbocycles. The second kappa shape index (κ2) is 3.14. The number of halogens is 2. The molecule has 2 aromatic rings. The Kier molecular flexibility index (Phi) is 2.11. The summed E-state index contributed by atoms with van der Waals surface area (Å²) < 4.78 is 14.2. The summed E-state index contributed by atoms with van der Waals surface area (Å²) in [5.74, 6) is -0.203. The molecule has 3 heteroatoms. The fourth-order valence-electron chi connectivity index (χ4n) is 1.27. The monoisotopic (exact) mass is 288 g/mol. The van der Waals surface area contributed by atoms with Gasteiger partial charge in [0.25, 0.3) is 0 Å². The highest BCUT2D eigenvalue weighted by molar-refractivity contribution is 14.1. The van der Waals surface area contributed by atoms with E-state index in [9.17, 15) is 4.39 Å². The van der Waals surface area contributed by atoms with Crippen LogP contribution in [0.25, 0.3) is 10.8 Å². The van der Waals surface area contributed by atoms with Crippen molar-refractivity contribution in [1.29, 1.82) is 0 Å². The zero-order valence-electron chi connectivity index (χ0n) is 6.59. The molecule has 0 saturated heterocycles. The Morgan fingerprint density at radius 2 is 1.92 bits per heavy atom. The second-order valence-electron chi connectivity index (χ2n) is 2.79. The van der Waals surface area contributed by atoms with Gasteiger partial charge in [-0.3, -0.25) is 0 Å². The maximum Gasteiger partial charge on any atom is 0.132 e.